The first-order valence-electron chi connectivity index (χ1n) is 10.5. The monoisotopic (exact) mass is 473 g/mol. The normalized spacial score (nSPS) is 9.68. The van der Waals surface area contributed by atoms with Gasteiger partial charge in [-0.2, -0.15) is 0 Å². The Kier molecular flexibility index (Phi) is 9.51. The van der Waals surface area contributed by atoms with Crippen LogP contribution >= 0.6 is 0 Å². The van der Waals surface area contributed by atoms with E-state index < -0.39 is 0 Å². The fourth-order valence-corrected chi connectivity index (χ4v) is 3.08. The fourth-order valence-electron chi connectivity index (χ4n) is 3.08. The molecule has 0 aliphatic carbocycles. The van der Waals surface area contributed by atoms with Gasteiger partial charge in [-0.25, -0.2) is 9.13 Å². The highest BCUT2D eigenvalue weighted by molar-refractivity contribution is 5.41. The van der Waals surface area contributed by atoms with Crippen molar-refractivity contribution in [2.75, 3.05) is 0 Å². The van der Waals surface area contributed by atoms with E-state index in [1.165, 1.54) is 22.3 Å². The minimum absolute atomic E-state index is 0. The summed E-state index contributed by atoms with van der Waals surface area (Å²) < 4.78 is 4.40. The molecule has 0 fully saturated rings. The van der Waals surface area contributed by atoms with Crippen LogP contribution < -0.4 is 26.1 Å². The summed E-state index contributed by atoms with van der Waals surface area (Å²) in [7, 11) is 0. The van der Waals surface area contributed by atoms with Crippen LogP contribution in [-0.4, -0.2) is 0 Å². The van der Waals surface area contributed by atoms with Crippen LogP contribution in [0.15, 0.2) is 61.2 Å². The van der Waals surface area contributed by atoms with E-state index >= 15 is 0 Å². The van der Waals surface area contributed by atoms with Crippen molar-refractivity contribution >= 4 is 0 Å². The van der Waals surface area contributed by atoms with Gasteiger partial charge in [-0.15, -0.1) is 0 Å². The maximum Gasteiger partial charge on any atom is 0.171 e. The topological polar surface area (TPSA) is 7.76 Å². The molecule has 0 aliphatic heterocycles. The van der Waals surface area contributed by atoms with Gasteiger partial charge in [-0.3, -0.25) is 0 Å². The molecule has 0 radical (unpaired) electrons. The van der Waals surface area contributed by atoms with Crippen LogP contribution in [0.3, 0.4) is 0 Å². The molecule has 0 atom stereocenters. The zero-order valence-electron chi connectivity index (χ0n) is 18.9. The Morgan fingerprint density at radius 2 is 0.968 bits per heavy atom. The lowest BCUT2D eigenvalue weighted by Crippen LogP contribution is -3.00. The van der Waals surface area contributed by atoms with Crippen LogP contribution in [0.25, 0.3) is 0 Å². The van der Waals surface area contributed by atoms with E-state index in [2.05, 4.69) is 122 Å². The maximum atomic E-state index is 3.27. The molecule has 0 saturated carbocycles. The Morgan fingerprint density at radius 3 is 1.32 bits per heavy atom. The van der Waals surface area contributed by atoms with E-state index in [4.69, 9.17) is 0 Å². The third-order valence-electron chi connectivity index (χ3n) is 5.34. The molecule has 0 saturated heterocycles. The predicted octanol–water partition coefficient (Wildman–Crippen LogP) is 1.38. The Bertz CT molecular complexity index is 1050. The quantitative estimate of drug-likeness (QED) is 0.399. The molecule has 2 aromatic heterocycles. The second kappa shape index (κ2) is 12.1. The number of rotatable bonds is 4. The summed E-state index contributed by atoms with van der Waals surface area (Å²) >= 11 is 0. The fraction of sp³-hybridized carbons (Fsp3) is 0.286. The van der Waals surface area contributed by atoms with Gasteiger partial charge in [0.2, 0.25) is 0 Å². The number of halogens is 1. The molecule has 0 bridgehead atoms. The van der Waals surface area contributed by atoms with Crippen molar-refractivity contribution in [1.29, 1.82) is 0 Å². The molecule has 1 aromatic carbocycles. The number of benzene rings is 1. The van der Waals surface area contributed by atoms with E-state index in [1.54, 1.807) is 0 Å². The molecule has 0 spiro atoms. The molecular formula is C28H30BrN2+. The lowest BCUT2D eigenvalue weighted by Gasteiger charge is -1.98. The standard InChI is InChI=1S/C28H30N2.BrH/c1-23-15-19-29(21-25(23)3)17-7-5-9-27-11-13-28(14-12-27)10-6-8-18-30-20-16-24(2)26(4)22-30;/h11-16,19-22H,7-8,17-18H2,1-4H3;1H/q+2;/p-1. The molecule has 158 valence electrons. The summed E-state index contributed by atoms with van der Waals surface area (Å²) in [5.41, 5.74) is 7.35. The molecule has 3 rings (SSSR count). The molecule has 2 nitrogen and oxygen atoms in total. The highest BCUT2D eigenvalue weighted by Gasteiger charge is 2.02. The maximum absolute atomic E-state index is 3.27. The molecule has 0 aliphatic rings. The van der Waals surface area contributed by atoms with E-state index in [1.807, 2.05) is 0 Å². The van der Waals surface area contributed by atoms with Crippen molar-refractivity contribution in [3.05, 3.63) is 94.6 Å². The van der Waals surface area contributed by atoms with Gasteiger partial charge in [0.15, 0.2) is 37.9 Å². The average Bonchev–Trinajstić information content (AvgIpc) is 2.74. The number of hydrogen-bond donors (Lipinski definition) is 0. The van der Waals surface area contributed by atoms with E-state index in [9.17, 15) is 0 Å². The van der Waals surface area contributed by atoms with Crippen molar-refractivity contribution in [3.8, 4) is 23.7 Å². The smallest absolute Gasteiger partial charge is 0.171 e. The van der Waals surface area contributed by atoms with Crippen LogP contribution in [0.1, 0.15) is 46.2 Å². The Hall–Kier alpha value is -2.88. The number of pyridine rings is 2. The zero-order chi connectivity index (χ0) is 21.3. The highest BCUT2D eigenvalue weighted by Crippen LogP contribution is 2.03. The molecule has 2 heterocycles. The first-order valence-corrected chi connectivity index (χ1v) is 10.5. The predicted molar refractivity (Wildman–Crippen MR) is 122 cm³/mol. The molecule has 0 amide bonds. The largest absolute Gasteiger partial charge is 1.00 e. The van der Waals surface area contributed by atoms with Gasteiger partial charge < -0.3 is 17.0 Å². The SMILES string of the molecule is Cc1cc[n+](CCC#Cc2ccc(C#CCC[n+]3ccc(C)c(C)c3)cc2)cc1C.[Br-]. The Balaban J connectivity index is 0.00000341. The molecule has 3 heteroatoms. The van der Waals surface area contributed by atoms with E-state index in [0.29, 0.717) is 0 Å². The van der Waals surface area contributed by atoms with Crippen LogP contribution in [0, 0.1) is 51.4 Å². The summed E-state index contributed by atoms with van der Waals surface area (Å²) in [6.45, 7) is 10.4. The van der Waals surface area contributed by atoms with Gasteiger partial charge >= 0.3 is 0 Å². The van der Waals surface area contributed by atoms with Crippen molar-refractivity contribution in [3.63, 3.8) is 0 Å². The zero-order valence-corrected chi connectivity index (χ0v) is 20.5. The first-order chi connectivity index (χ1) is 14.5. The van der Waals surface area contributed by atoms with E-state index in [-0.39, 0.29) is 17.0 Å². The summed E-state index contributed by atoms with van der Waals surface area (Å²) in [5.74, 6) is 13.0. The van der Waals surface area contributed by atoms with Gasteiger partial charge in [0.25, 0.3) is 0 Å². The van der Waals surface area contributed by atoms with Crippen molar-refractivity contribution < 1.29 is 26.1 Å². The first kappa shape index (κ1) is 24.4. The number of nitrogens with zero attached hydrogens (tertiary/aromatic N) is 2. The lowest BCUT2D eigenvalue weighted by molar-refractivity contribution is -0.696. The second-order valence-corrected chi connectivity index (χ2v) is 7.78. The minimum Gasteiger partial charge on any atom is -1.00 e. The van der Waals surface area contributed by atoms with Crippen LogP contribution in [0.4, 0.5) is 0 Å². The van der Waals surface area contributed by atoms with Gasteiger partial charge in [-0.05, 0) is 63.1 Å². The average molecular weight is 474 g/mol. The molecular weight excluding hydrogens is 444 g/mol. The van der Waals surface area contributed by atoms with Gasteiger partial charge in [0.1, 0.15) is 0 Å². The minimum atomic E-state index is 0. The summed E-state index contributed by atoms with van der Waals surface area (Å²) in [6, 6.07) is 12.5. The summed E-state index contributed by atoms with van der Waals surface area (Å²) in [6.07, 6.45) is 10.3. The highest BCUT2D eigenvalue weighted by atomic mass is 79.9. The second-order valence-electron chi connectivity index (χ2n) is 7.78. The third-order valence-corrected chi connectivity index (χ3v) is 5.34. The third kappa shape index (κ3) is 7.71. The summed E-state index contributed by atoms with van der Waals surface area (Å²) in [4.78, 5) is 0. The van der Waals surface area contributed by atoms with Gasteiger partial charge in [-0.1, -0.05) is 23.7 Å². The lowest BCUT2D eigenvalue weighted by atomic mass is 10.1. The van der Waals surface area contributed by atoms with E-state index in [0.717, 1.165) is 37.1 Å². The van der Waals surface area contributed by atoms with Crippen LogP contribution in [0.5, 0.6) is 0 Å². The van der Waals surface area contributed by atoms with Crippen LogP contribution in [-0.2, 0) is 13.1 Å². The molecule has 31 heavy (non-hydrogen) atoms. The Morgan fingerprint density at radius 1 is 0.581 bits per heavy atom. The molecule has 0 N–H and O–H groups in total. The van der Waals surface area contributed by atoms with Crippen molar-refractivity contribution in [2.24, 2.45) is 0 Å². The summed E-state index contributed by atoms with van der Waals surface area (Å²) in [5, 5.41) is 0. The Labute approximate surface area is 197 Å². The number of aromatic nitrogens is 2. The van der Waals surface area contributed by atoms with Crippen molar-refractivity contribution in [1.82, 2.24) is 0 Å². The van der Waals surface area contributed by atoms with Gasteiger partial charge in [0, 0.05) is 34.4 Å². The van der Waals surface area contributed by atoms with Crippen molar-refractivity contribution in [2.45, 2.75) is 53.6 Å². The molecule has 0 unspecified atom stereocenters. The van der Waals surface area contributed by atoms with Crippen LogP contribution in [0.2, 0.25) is 0 Å². The number of hydrogen-bond acceptors (Lipinski definition) is 0. The number of aryl methyl sites for hydroxylation is 6. The van der Waals surface area contributed by atoms with Gasteiger partial charge in [0.05, 0.1) is 12.8 Å². The molecule has 3 aromatic rings.